The maximum atomic E-state index is 15.6. The van der Waals surface area contributed by atoms with E-state index in [-0.39, 0.29) is 109 Å². The molecule has 0 unspecified atom stereocenters. The van der Waals surface area contributed by atoms with Gasteiger partial charge in [0.25, 0.3) is 0 Å². The maximum Gasteiger partial charge on any atom is 0.407 e. The number of aromatic amines is 6. The molecule has 0 saturated heterocycles. The number of amides is 12. The molecule has 0 fully saturated rings. The minimum atomic E-state index is -1.47. The summed E-state index contributed by atoms with van der Waals surface area (Å²) in [5, 5.41) is 48.4. The van der Waals surface area contributed by atoms with E-state index in [1.807, 2.05) is 182 Å². The van der Waals surface area contributed by atoms with Gasteiger partial charge in [0.1, 0.15) is 67.0 Å². The van der Waals surface area contributed by atoms with Crippen LogP contribution in [0.3, 0.4) is 0 Å². The van der Waals surface area contributed by atoms with Crippen LogP contribution in [0.25, 0.3) is 76.5 Å². The van der Waals surface area contributed by atoms with Gasteiger partial charge < -0.3 is 126 Å². The summed E-state index contributed by atoms with van der Waals surface area (Å²) in [6, 6.07) is 45.7. The number of carbonyl (C=O) groups is 13. The molecular formula is C109H126N22O15. The number of para-hydroxylation sites is 6. The lowest BCUT2D eigenvalue weighted by molar-refractivity contribution is -0.142. The van der Waals surface area contributed by atoms with Crippen molar-refractivity contribution in [2.75, 3.05) is 45.9 Å². The molecule has 6 aromatic heterocycles. The number of hydrogen-bond donors (Lipinski definition) is 23. The van der Waals surface area contributed by atoms with Crippen LogP contribution >= 0.6 is 0 Å². The van der Waals surface area contributed by atoms with Gasteiger partial charge in [-0.25, -0.2) is 9.59 Å². The average molecular weight is 1980 g/mol. The van der Waals surface area contributed by atoms with Crippen molar-refractivity contribution in [1.82, 2.24) is 93.7 Å². The number of hydrogen-bond acceptors (Lipinski definition) is 18. The summed E-state index contributed by atoms with van der Waals surface area (Å²) in [5.41, 5.74) is 36.1. The van der Waals surface area contributed by atoms with Crippen molar-refractivity contribution in [1.29, 1.82) is 0 Å². The number of aliphatic carboxylic acids is 1. The van der Waals surface area contributed by atoms with Crippen LogP contribution in [0.4, 0.5) is 4.79 Å². The standard InChI is InChI=1S/C109H126N22O15/c110-45-21-17-41-87(124-105(140)93(51-66-57-116-83-37-13-7-27-72(66)83)129-102(137)89(43-19-23-47-112)126-107(142)95(53-68-59-118-85-39-15-9-29-74(68)85)131-109(145)146-63-80-78-33-3-1-31-76(78)77-32-2-4-34-79(77)80)100(135)127-91(49-64-55-114-81-35-11-5-25-70(64)81)99(134)121-61-97(132)120-62-98(133)122-92(50-65-56-115-82-36-12-6-26-71(65)82)104(139)123-88(42-18-22-46-111)101(136)128-94(52-67-58-117-84-38-14-8-28-73(67)84)106(141)125-90(44-20-24-48-113)103(138)130-96(108(143)144)54-69-60-119-86-40-16-10-30-75(69)86/h1-16,25-40,55-60,80,87-96,114-119H,17-24,41-54,61-63,110-113H2,(H,120,132)(H,121,134)(H,122,133)(H,123,139)(H,124,140)(H,125,141)(H,126,142)(H,127,135)(H,128,136)(H,129,137)(H,130,138)(H,131,145)(H,143,144)/t87-,88-,89-,90-,91-,92-,93-,94-,95-,96-/m1/s1. The van der Waals surface area contributed by atoms with Crippen LogP contribution in [0, 0.1) is 0 Å². The molecule has 8 aromatic carbocycles. The normalized spacial score (nSPS) is 13.8. The number of alkyl carbamates (subject to hydrolysis) is 1. The van der Waals surface area contributed by atoms with Gasteiger partial charge in [-0.2, -0.15) is 0 Å². The lowest BCUT2D eigenvalue weighted by Crippen LogP contribution is -2.60. The molecule has 37 nitrogen and oxygen atoms in total. The number of carbonyl (C=O) groups excluding carboxylic acids is 12. The highest BCUT2D eigenvalue weighted by Gasteiger charge is 2.39. The van der Waals surface area contributed by atoms with E-state index in [1.54, 1.807) is 49.3 Å². The van der Waals surface area contributed by atoms with E-state index >= 15 is 33.6 Å². The fourth-order valence-electron chi connectivity index (χ4n) is 19.2. The van der Waals surface area contributed by atoms with Gasteiger partial charge in [-0.05, 0) is 195 Å². The minimum absolute atomic E-state index is 0.0221. The number of carboxylic acids is 1. The number of ether oxygens (including phenoxy) is 1. The quantitative estimate of drug-likeness (QED) is 0.0165. The van der Waals surface area contributed by atoms with Crippen LogP contribution < -0.4 is 86.7 Å². The molecule has 37 heteroatoms. The second-order valence-corrected chi connectivity index (χ2v) is 37.0. The molecule has 14 aromatic rings. The van der Waals surface area contributed by atoms with Gasteiger partial charge in [0.15, 0.2) is 0 Å². The van der Waals surface area contributed by atoms with E-state index in [9.17, 15) is 33.9 Å². The molecular weight excluding hydrogens is 1860 g/mol. The van der Waals surface area contributed by atoms with Gasteiger partial charge in [-0.15, -0.1) is 0 Å². The van der Waals surface area contributed by atoms with Gasteiger partial charge in [-0.1, -0.05) is 158 Å². The first-order valence-corrected chi connectivity index (χ1v) is 49.7. The van der Waals surface area contributed by atoms with E-state index < -0.39 is 151 Å². The maximum absolute atomic E-state index is 15.6. The van der Waals surface area contributed by atoms with Gasteiger partial charge in [-0.3, -0.25) is 52.7 Å². The Morgan fingerprint density at radius 1 is 0.267 bits per heavy atom. The van der Waals surface area contributed by atoms with E-state index in [0.29, 0.717) is 100 Å². The third kappa shape index (κ3) is 26.8. The van der Waals surface area contributed by atoms with Crippen molar-refractivity contribution in [2.24, 2.45) is 22.9 Å². The van der Waals surface area contributed by atoms with Crippen LogP contribution in [0.2, 0.25) is 0 Å². The summed E-state index contributed by atoms with van der Waals surface area (Å²) in [4.78, 5) is 212. The van der Waals surface area contributed by atoms with Crippen molar-refractivity contribution in [2.45, 2.75) is 182 Å². The zero-order valence-electron chi connectivity index (χ0n) is 80.9. The molecule has 762 valence electrons. The summed E-state index contributed by atoms with van der Waals surface area (Å²) in [6.45, 7) is -0.662. The number of aromatic nitrogens is 6. The molecule has 10 atom stereocenters. The van der Waals surface area contributed by atoms with Crippen molar-refractivity contribution >= 4 is 142 Å². The largest absolute Gasteiger partial charge is 0.480 e. The van der Waals surface area contributed by atoms with Gasteiger partial charge in [0.2, 0.25) is 65.0 Å². The fourth-order valence-corrected chi connectivity index (χ4v) is 19.2. The molecule has 146 heavy (non-hydrogen) atoms. The molecule has 0 bridgehead atoms. The lowest BCUT2D eigenvalue weighted by atomic mass is 9.98. The Morgan fingerprint density at radius 3 is 0.808 bits per heavy atom. The first-order valence-electron chi connectivity index (χ1n) is 49.7. The molecule has 0 spiro atoms. The third-order valence-corrected chi connectivity index (χ3v) is 26.9. The van der Waals surface area contributed by atoms with E-state index in [0.717, 1.165) is 65.9 Å². The summed E-state index contributed by atoms with van der Waals surface area (Å²) in [5.74, 6) is -10.7. The summed E-state index contributed by atoms with van der Waals surface area (Å²) < 4.78 is 6.01. The first kappa shape index (κ1) is 104. The van der Waals surface area contributed by atoms with Crippen LogP contribution in [-0.4, -0.2) is 218 Å². The van der Waals surface area contributed by atoms with E-state index in [2.05, 4.69) is 93.7 Å². The molecule has 0 saturated carbocycles. The molecule has 15 rings (SSSR count). The van der Waals surface area contributed by atoms with Crippen molar-refractivity contribution < 1.29 is 72.2 Å². The fraction of sp³-hybridized carbons (Fsp3) is 0.330. The Bertz CT molecular complexity index is 6930. The molecule has 27 N–H and O–H groups in total. The number of benzene rings is 8. The van der Waals surface area contributed by atoms with Gasteiger partial charge in [0, 0.05) is 147 Å². The smallest absolute Gasteiger partial charge is 0.407 e. The molecule has 6 heterocycles. The molecule has 1 aliphatic carbocycles. The number of carboxylic acid groups (broad SMARTS) is 1. The highest BCUT2D eigenvalue weighted by atomic mass is 16.5. The Labute approximate surface area is 841 Å². The van der Waals surface area contributed by atoms with Crippen molar-refractivity contribution in [3.63, 3.8) is 0 Å². The lowest BCUT2D eigenvalue weighted by Gasteiger charge is -2.27. The van der Waals surface area contributed by atoms with Crippen LogP contribution in [0.5, 0.6) is 0 Å². The Morgan fingerprint density at radius 2 is 0.507 bits per heavy atom. The van der Waals surface area contributed by atoms with E-state index in [4.69, 9.17) is 27.7 Å². The highest BCUT2D eigenvalue weighted by Crippen LogP contribution is 2.45. The monoisotopic (exact) mass is 1980 g/mol. The topological polar surface area (TPSA) is 595 Å². The average Bonchev–Trinajstić information content (AvgIpc) is 1.61. The molecule has 0 aliphatic heterocycles. The Balaban J connectivity index is 0.632. The predicted molar refractivity (Wildman–Crippen MR) is 557 cm³/mol. The molecule has 1 aliphatic rings. The molecule has 0 radical (unpaired) electrons. The predicted octanol–water partition coefficient (Wildman–Crippen LogP) is 7.43. The van der Waals surface area contributed by atoms with Crippen LogP contribution in [0.15, 0.2) is 231 Å². The van der Waals surface area contributed by atoms with Gasteiger partial charge >= 0.3 is 12.1 Å². The van der Waals surface area contributed by atoms with Gasteiger partial charge in [0.05, 0.1) is 13.1 Å². The number of rotatable bonds is 54. The van der Waals surface area contributed by atoms with Crippen LogP contribution in [0.1, 0.15) is 127 Å². The SMILES string of the molecule is NCCCC[C@@H](NC(=O)[C@@H](Cc1c[nH]c2ccccc12)NC(=O)[C@@H](CCCCN)NC(=O)[C@@H](Cc1c[nH]c2ccccc12)NC(=O)CNC(=O)CNC(=O)[C@@H](Cc1c[nH]c2ccccc12)NC(=O)[C@@H](CCCCN)NC(=O)[C@@H](Cc1c[nH]c2ccccc12)NC(=O)[C@@H](CCCCN)NC(=O)[C@@H](Cc1c[nH]c2ccccc12)NC(=O)OCC1c2ccccc2-c2ccccc21)C(=O)N[C@H](Cc1c[nH]c2ccccc12)C(=O)O. The third-order valence-electron chi connectivity index (χ3n) is 26.9. The highest BCUT2D eigenvalue weighted by molar-refractivity contribution is 6.02. The number of unbranched alkanes of at least 4 members (excludes halogenated alkanes) is 4. The Kier molecular flexibility index (Phi) is 36.1. The first-order chi connectivity index (χ1) is 71.0. The minimum Gasteiger partial charge on any atom is -0.480 e. The summed E-state index contributed by atoms with van der Waals surface area (Å²) >= 11 is 0. The molecule has 12 amide bonds. The Hall–Kier alpha value is -16.3. The zero-order chi connectivity index (χ0) is 103. The zero-order valence-corrected chi connectivity index (χ0v) is 80.9. The van der Waals surface area contributed by atoms with Crippen molar-refractivity contribution in [3.8, 4) is 11.1 Å². The second-order valence-electron chi connectivity index (χ2n) is 37.0. The number of nitrogens with two attached hydrogens (primary N) is 4. The number of fused-ring (bicyclic) bond motifs is 9. The van der Waals surface area contributed by atoms with Crippen LogP contribution in [-0.2, 0) is 101 Å². The summed E-state index contributed by atoms with van der Waals surface area (Å²) in [6.07, 6.45) is 11.5. The van der Waals surface area contributed by atoms with E-state index in [1.165, 1.54) is 0 Å². The number of H-pyrrole nitrogens is 6. The summed E-state index contributed by atoms with van der Waals surface area (Å²) in [7, 11) is 0. The second kappa shape index (κ2) is 50.6. The number of nitrogens with one attached hydrogen (secondary N) is 18. The van der Waals surface area contributed by atoms with Crippen molar-refractivity contribution in [3.05, 3.63) is 276 Å².